The van der Waals surface area contributed by atoms with Crippen LogP contribution in [0, 0.1) is 0 Å². The molecule has 0 saturated carbocycles. The molecule has 0 aliphatic carbocycles. The Balaban J connectivity index is 2.21. The monoisotopic (exact) mass is 244 g/mol. The van der Waals surface area contributed by atoms with E-state index >= 15 is 0 Å². The second-order valence-electron chi connectivity index (χ2n) is 4.42. The second-order valence-corrected chi connectivity index (χ2v) is 4.42. The van der Waals surface area contributed by atoms with E-state index in [1.165, 1.54) is 0 Å². The van der Waals surface area contributed by atoms with Gasteiger partial charge in [0.05, 0.1) is 13.0 Å². The fourth-order valence-electron chi connectivity index (χ4n) is 1.72. The number of carbonyl (C=O) groups excluding carboxylic acids is 1. The Hall–Kier alpha value is -0.610. The minimum absolute atomic E-state index is 0.115. The molecule has 0 aromatic heterocycles. The van der Waals surface area contributed by atoms with Crippen molar-refractivity contribution in [2.75, 3.05) is 19.8 Å². The Kier molecular flexibility index (Phi) is 7.21. The molecule has 0 amide bonds. The van der Waals surface area contributed by atoms with Gasteiger partial charge in [-0.25, -0.2) is 0 Å². The quantitative estimate of drug-likeness (QED) is 0.461. The van der Waals surface area contributed by atoms with E-state index in [1.54, 1.807) is 0 Å². The van der Waals surface area contributed by atoms with E-state index in [2.05, 4.69) is 13.8 Å². The first-order valence-electron chi connectivity index (χ1n) is 6.66. The molecule has 0 aromatic rings. The molecule has 1 aliphatic heterocycles. The molecule has 100 valence electrons. The number of hydrogen-bond acceptors (Lipinski definition) is 4. The minimum Gasteiger partial charge on any atom is -0.457 e. The van der Waals surface area contributed by atoms with Crippen LogP contribution in [0.25, 0.3) is 0 Å². The summed E-state index contributed by atoms with van der Waals surface area (Å²) < 4.78 is 16.3. The van der Waals surface area contributed by atoms with Crippen LogP contribution in [-0.2, 0) is 19.0 Å². The van der Waals surface area contributed by atoms with E-state index in [1.807, 2.05) is 0 Å². The van der Waals surface area contributed by atoms with E-state index in [0.29, 0.717) is 19.6 Å². The van der Waals surface area contributed by atoms with Crippen molar-refractivity contribution >= 4 is 5.97 Å². The summed E-state index contributed by atoms with van der Waals surface area (Å²) in [7, 11) is 0. The number of esters is 1. The van der Waals surface area contributed by atoms with Crippen molar-refractivity contribution < 1.29 is 19.0 Å². The summed E-state index contributed by atoms with van der Waals surface area (Å²) in [6.07, 6.45) is 4.31. The van der Waals surface area contributed by atoms with Crippen molar-refractivity contribution in [2.45, 2.75) is 58.2 Å². The highest BCUT2D eigenvalue weighted by Gasteiger charge is 2.35. The molecule has 0 spiro atoms. The van der Waals surface area contributed by atoms with Crippen molar-refractivity contribution in [3.8, 4) is 0 Å². The van der Waals surface area contributed by atoms with E-state index < -0.39 is 0 Å². The number of hydrogen-bond donors (Lipinski definition) is 0. The van der Waals surface area contributed by atoms with Crippen molar-refractivity contribution in [1.29, 1.82) is 0 Å². The Bertz CT molecular complexity index is 217. The van der Waals surface area contributed by atoms with Crippen LogP contribution < -0.4 is 0 Å². The summed E-state index contributed by atoms with van der Waals surface area (Å²) in [6, 6.07) is 0. The summed E-state index contributed by atoms with van der Waals surface area (Å²) in [5, 5.41) is 0. The molecule has 0 bridgehead atoms. The molecule has 2 atom stereocenters. The third kappa shape index (κ3) is 5.50. The highest BCUT2D eigenvalue weighted by molar-refractivity contribution is 5.72. The summed E-state index contributed by atoms with van der Waals surface area (Å²) in [5.41, 5.74) is 0. The Morgan fingerprint density at radius 3 is 2.65 bits per heavy atom. The zero-order chi connectivity index (χ0) is 12.5. The molecule has 4 nitrogen and oxygen atoms in total. The molecule has 1 aliphatic rings. The standard InChI is InChI=1S/C13H24O4/c1-3-5-7-15-10-12-11(9-13(14)17-12)16-8-6-4-2/h11-12H,3-10H2,1-2H3/t11-,12-/m1/s1. The molecule has 0 aromatic carbocycles. The topological polar surface area (TPSA) is 44.8 Å². The van der Waals surface area contributed by atoms with E-state index in [4.69, 9.17) is 14.2 Å². The lowest BCUT2D eigenvalue weighted by Gasteiger charge is -2.18. The Labute approximate surface area is 104 Å². The Morgan fingerprint density at radius 1 is 1.24 bits per heavy atom. The van der Waals surface area contributed by atoms with Crippen LogP contribution in [0.1, 0.15) is 46.0 Å². The number of ether oxygens (including phenoxy) is 3. The number of rotatable bonds is 9. The lowest BCUT2D eigenvalue weighted by Crippen LogP contribution is -2.29. The average molecular weight is 244 g/mol. The zero-order valence-electron chi connectivity index (χ0n) is 10.9. The van der Waals surface area contributed by atoms with Crippen LogP contribution in [0.15, 0.2) is 0 Å². The van der Waals surface area contributed by atoms with E-state index in [9.17, 15) is 4.79 Å². The number of unbranched alkanes of at least 4 members (excludes halogenated alkanes) is 2. The molecule has 4 heteroatoms. The largest absolute Gasteiger partial charge is 0.457 e. The van der Waals surface area contributed by atoms with E-state index in [0.717, 1.165) is 32.3 Å². The van der Waals surface area contributed by atoms with Gasteiger partial charge < -0.3 is 14.2 Å². The van der Waals surface area contributed by atoms with E-state index in [-0.39, 0.29) is 18.2 Å². The number of carbonyl (C=O) groups is 1. The summed E-state index contributed by atoms with van der Waals surface area (Å²) in [6.45, 7) is 6.12. The molecule has 17 heavy (non-hydrogen) atoms. The molecule has 1 fully saturated rings. The van der Waals surface area contributed by atoms with Gasteiger partial charge in [-0.15, -0.1) is 0 Å². The molecule has 0 radical (unpaired) electrons. The van der Waals surface area contributed by atoms with Crippen molar-refractivity contribution in [2.24, 2.45) is 0 Å². The Morgan fingerprint density at radius 2 is 1.94 bits per heavy atom. The fourth-order valence-corrected chi connectivity index (χ4v) is 1.72. The molecule has 0 N–H and O–H groups in total. The van der Waals surface area contributed by atoms with Crippen molar-refractivity contribution in [1.82, 2.24) is 0 Å². The van der Waals surface area contributed by atoms with Gasteiger partial charge in [0.15, 0.2) is 6.10 Å². The van der Waals surface area contributed by atoms with Gasteiger partial charge in [0.2, 0.25) is 0 Å². The van der Waals surface area contributed by atoms with Gasteiger partial charge >= 0.3 is 5.97 Å². The van der Waals surface area contributed by atoms with Crippen LogP contribution in [0.4, 0.5) is 0 Å². The minimum atomic E-state index is -0.212. The van der Waals surface area contributed by atoms with Crippen molar-refractivity contribution in [3.63, 3.8) is 0 Å². The molecule has 1 saturated heterocycles. The third-order valence-electron chi connectivity index (χ3n) is 2.82. The molecule has 1 rings (SSSR count). The average Bonchev–Trinajstić information content (AvgIpc) is 2.66. The SMILES string of the molecule is CCCCOC[C@H]1OC(=O)C[C@H]1OCCCC. The third-order valence-corrected chi connectivity index (χ3v) is 2.82. The summed E-state index contributed by atoms with van der Waals surface area (Å²) >= 11 is 0. The predicted molar refractivity (Wildman–Crippen MR) is 64.9 cm³/mol. The van der Waals surface area contributed by atoms with Gasteiger partial charge in [0.1, 0.15) is 6.10 Å². The molecule has 0 unspecified atom stereocenters. The highest BCUT2D eigenvalue weighted by atomic mass is 16.6. The summed E-state index contributed by atoms with van der Waals surface area (Å²) in [5.74, 6) is -0.171. The van der Waals surface area contributed by atoms with Crippen molar-refractivity contribution in [3.05, 3.63) is 0 Å². The van der Waals surface area contributed by atoms with Gasteiger partial charge in [0, 0.05) is 13.2 Å². The van der Waals surface area contributed by atoms with Crippen LogP contribution in [0.2, 0.25) is 0 Å². The molecular formula is C13H24O4. The maximum atomic E-state index is 11.2. The van der Waals surface area contributed by atoms with Gasteiger partial charge in [-0.2, -0.15) is 0 Å². The first-order chi connectivity index (χ1) is 8.27. The predicted octanol–water partition coefficient (Wildman–Crippen LogP) is 2.30. The first-order valence-corrected chi connectivity index (χ1v) is 6.66. The normalized spacial score (nSPS) is 24.0. The maximum Gasteiger partial charge on any atom is 0.309 e. The van der Waals surface area contributed by atoms with Crippen LogP contribution in [0.3, 0.4) is 0 Å². The lowest BCUT2D eigenvalue weighted by molar-refractivity contribution is -0.144. The highest BCUT2D eigenvalue weighted by Crippen LogP contribution is 2.19. The fraction of sp³-hybridized carbons (Fsp3) is 0.923. The first kappa shape index (κ1) is 14.5. The summed E-state index contributed by atoms with van der Waals surface area (Å²) in [4.78, 5) is 11.2. The van der Waals surface area contributed by atoms with Gasteiger partial charge in [-0.1, -0.05) is 26.7 Å². The van der Waals surface area contributed by atoms with Crippen LogP contribution in [0.5, 0.6) is 0 Å². The smallest absolute Gasteiger partial charge is 0.309 e. The zero-order valence-corrected chi connectivity index (χ0v) is 10.9. The molecular weight excluding hydrogens is 220 g/mol. The lowest BCUT2D eigenvalue weighted by atomic mass is 10.2. The molecule has 1 heterocycles. The van der Waals surface area contributed by atoms with Gasteiger partial charge in [-0.05, 0) is 12.8 Å². The van der Waals surface area contributed by atoms with Gasteiger partial charge in [0.25, 0.3) is 0 Å². The van der Waals surface area contributed by atoms with Gasteiger partial charge in [-0.3, -0.25) is 4.79 Å². The van der Waals surface area contributed by atoms with Crippen LogP contribution in [-0.4, -0.2) is 38.0 Å². The second kappa shape index (κ2) is 8.48. The maximum absolute atomic E-state index is 11.2. The number of cyclic esters (lactones) is 1. The van der Waals surface area contributed by atoms with Crippen LogP contribution >= 0.6 is 0 Å².